The lowest BCUT2D eigenvalue weighted by molar-refractivity contribution is 0.0990. The summed E-state index contributed by atoms with van der Waals surface area (Å²) in [5.41, 5.74) is -0.0556. The number of carbonyl (C=O) groups excluding carboxylic acids is 1. The van der Waals surface area contributed by atoms with E-state index in [9.17, 15) is 27.9 Å². The highest BCUT2D eigenvalue weighted by Crippen LogP contribution is 2.40. The summed E-state index contributed by atoms with van der Waals surface area (Å²) in [7, 11) is 0. The second kappa shape index (κ2) is 11.3. The van der Waals surface area contributed by atoms with Crippen molar-refractivity contribution in [1.29, 1.82) is 0 Å². The van der Waals surface area contributed by atoms with Crippen molar-refractivity contribution in [2.45, 2.75) is 39.5 Å². The number of benzene rings is 2. The van der Waals surface area contributed by atoms with Gasteiger partial charge in [0.1, 0.15) is 17.8 Å². The molecule has 0 saturated carbocycles. The molecule has 3 aromatic rings. The molecule has 0 bridgehead atoms. The zero-order valence-corrected chi connectivity index (χ0v) is 22.4. The van der Waals surface area contributed by atoms with Gasteiger partial charge in [0.15, 0.2) is 11.6 Å². The molecule has 1 aromatic heterocycles. The normalized spacial score (nSPS) is 18.3. The fourth-order valence-electron chi connectivity index (χ4n) is 4.90. The molecular formula is C27H29ClF3N5O3. The Morgan fingerprint density at radius 2 is 1.85 bits per heavy atom. The molecular weight excluding hydrogens is 535 g/mol. The number of hydrogen-bond donors (Lipinski definition) is 1. The van der Waals surface area contributed by atoms with E-state index in [0.717, 1.165) is 28.7 Å². The van der Waals surface area contributed by atoms with Gasteiger partial charge in [-0.3, -0.25) is 4.79 Å². The second-order valence-electron chi connectivity index (χ2n) is 10.7. The van der Waals surface area contributed by atoms with Crippen LogP contribution in [0.5, 0.6) is 0 Å². The fourth-order valence-corrected chi connectivity index (χ4v) is 5.06. The molecule has 0 aliphatic carbocycles. The Hall–Kier alpha value is -3.60. The van der Waals surface area contributed by atoms with Crippen molar-refractivity contribution < 1.29 is 27.9 Å². The molecule has 2 heterocycles. The van der Waals surface area contributed by atoms with Crippen molar-refractivity contribution in [3.8, 4) is 11.4 Å². The zero-order valence-electron chi connectivity index (χ0n) is 21.7. The summed E-state index contributed by atoms with van der Waals surface area (Å²) < 4.78 is 45.1. The first-order chi connectivity index (χ1) is 18.3. The highest BCUT2D eigenvalue weighted by atomic mass is 35.5. The molecule has 1 N–H and O–H groups in total. The highest BCUT2D eigenvalue weighted by Gasteiger charge is 2.43. The molecule has 1 aliphatic heterocycles. The Labute approximate surface area is 229 Å². The van der Waals surface area contributed by atoms with Gasteiger partial charge in [0.25, 0.3) is 0 Å². The van der Waals surface area contributed by atoms with Crippen LogP contribution in [-0.2, 0) is 6.54 Å². The maximum absolute atomic E-state index is 14.9. The average Bonchev–Trinajstić information content (AvgIpc) is 3.43. The van der Waals surface area contributed by atoms with E-state index in [1.165, 1.54) is 9.58 Å². The summed E-state index contributed by atoms with van der Waals surface area (Å²) in [6.45, 7) is 5.09. The van der Waals surface area contributed by atoms with E-state index in [1.807, 2.05) is 51.1 Å². The van der Waals surface area contributed by atoms with Crippen molar-refractivity contribution in [2.24, 2.45) is 11.3 Å². The topological polar surface area (TPSA) is 91.6 Å². The molecule has 2 unspecified atom stereocenters. The van der Waals surface area contributed by atoms with Gasteiger partial charge in [0.05, 0.1) is 24.7 Å². The number of alkyl halides is 1. The van der Waals surface area contributed by atoms with E-state index in [4.69, 9.17) is 11.6 Å². The first-order valence-corrected chi connectivity index (χ1v) is 12.7. The Balaban J connectivity index is 1.82. The molecule has 1 fully saturated rings. The van der Waals surface area contributed by atoms with Crippen molar-refractivity contribution in [3.63, 3.8) is 0 Å². The van der Waals surface area contributed by atoms with Gasteiger partial charge >= 0.3 is 11.5 Å². The minimum absolute atomic E-state index is 0.0876. The van der Waals surface area contributed by atoms with Crippen LogP contribution in [0.15, 0.2) is 48.5 Å². The third kappa shape index (κ3) is 6.35. The minimum Gasteiger partial charge on any atom is -0.465 e. The summed E-state index contributed by atoms with van der Waals surface area (Å²) >= 11 is 6.07. The molecule has 1 saturated heterocycles. The predicted molar refractivity (Wildman–Crippen MR) is 139 cm³/mol. The Morgan fingerprint density at radius 3 is 2.44 bits per heavy atom. The summed E-state index contributed by atoms with van der Waals surface area (Å²) in [4.78, 5) is 31.0. The molecule has 208 valence electrons. The first-order valence-electron chi connectivity index (χ1n) is 12.4. The lowest BCUT2D eigenvalue weighted by atomic mass is 9.84. The van der Waals surface area contributed by atoms with Gasteiger partial charge in [0, 0.05) is 19.0 Å². The monoisotopic (exact) mass is 563 g/mol. The molecule has 2 amide bonds. The zero-order chi connectivity index (χ0) is 28.5. The van der Waals surface area contributed by atoms with E-state index < -0.39 is 46.6 Å². The van der Waals surface area contributed by atoms with Gasteiger partial charge in [-0.2, -0.15) is 5.10 Å². The van der Waals surface area contributed by atoms with Gasteiger partial charge in [-0.05, 0) is 40.8 Å². The van der Waals surface area contributed by atoms with Crippen molar-refractivity contribution in [3.05, 3.63) is 71.6 Å². The van der Waals surface area contributed by atoms with E-state index >= 15 is 0 Å². The Bertz CT molecular complexity index is 1350. The van der Waals surface area contributed by atoms with Gasteiger partial charge in [0.2, 0.25) is 0 Å². The molecule has 3 atom stereocenters. The molecule has 8 nitrogen and oxygen atoms in total. The van der Waals surface area contributed by atoms with Crippen LogP contribution in [0.1, 0.15) is 38.2 Å². The Kier molecular flexibility index (Phi) is 8.20. The maximum atomic E-state index is 14.9. The number of hydrogen-bond acceptors (Lipinski definition) is 4. The molecule has 39 heavy (non-hydrogen) atoms. The first kappa shape index (κ1) is 28.4. The lowest BCUT2D eigenvalue weighted by Gasteiger charge is -2.39. The number of likely N-dealkylation sites (tertiary alicyclic amines) is 1. The van der Waals surface area contributed by atoms with Crippen LogP contribution in [0.2, 0.25) is 0 Å². The largest absolute Gasteiger partial charge is 0.465 e. The summed E-state index contributed by atoms with van der Waals surface area (Å²) in [6, 6.07) is 11.3. The maximum Gasteiger partial charge on any atom is 0.407 e. The van der Waals surface area contributed by atoms with Crippen LogP contribution >= 0.6 is 11.6 Å². The van der Waals surface area contributed by atoms with Crippen LogP contribution in [0.3, 0.4) is 0 Å². The minimum atomic E-state index is -1.50. The van der Waals surface area contributed by atoms with Crippen molar-refractivity contribution >= 4 is 23.1 Å². The third-order valence-corrected chi connectivity index (χ3v) is 6.93. The number of aromatic nitrogens is 3. The number of carbonyl (C=O) groups is 2. The lowest BCUT2D eigenvalue weighted by Crippen LogP contribution is -2.44. The summed E-state index contributed by atoms with van der Waals surface area (Å²) in [6.07, 6.45) is -2.75. The van der Waals surface area contributed by atoms with Crippen LogP contribution < -0.4 is 0 Å². The van der Waals surface area contributed by atoms with Crippen molar-refractivity contribution in [1.82, 2.24) is 24.6 Å². The van der Waals surface area contributed by atoms with Gasteiger partial charge in [-0.1, -0.05) is 51.1 Å². The van der Waals surface area contributed by atoms with Crippen LogP contribution in [0.25, 0.3) is 11.4 Å². The Morgan fingerprint density at radius 1 is 1.15 bits per heavy atom. The van der Waals surface area contributed by atoms with Crippen LogP contribution in [0.4, 0.5) is 22.8 Å². The second-order valence-corrected chi connectivity index (χ2v) is 11.0. The SMILES string of the molecule is CC(C)(C)[C@H](c1nc(-c2cc(F)ccc2F)nn1Cc1ccccc1)N(CC1CN(C(=O)O)CC1F)C(=O)Cl. The summed E-state index contributed by atoms with van der Waals surface area (Å²) in [5, 5.41) is 12.9. The summed E-state index contributed by atoms with van der Waals surface area (Å²) in [5.74, 6) is -2.06. The molecule has 12 heteroatoms. The van der Waals surface area contributed by atoms with Gasteiger partial charge in [-0.25, -0.2) is 27.6 Å². The number of rotatable bonds is 7. The molecule has 2 aromatic carbocycles. The van der Waals surface area contributed by atoms with Crippen LogP contribution in [-0.4, -0.2) is 66.9 Å². The van der Waals surface area contributed by atoms with E-state index in [-0.39, 0.29) is 43.4 Å². The van der Waals surface area contributed by atoms with E-state index in [0.29, 0.717) is 0 Å². The number of amides is 2. The number of nitrogens with zero attached hydrogens (tertiary/aromatic N) is 5. The van der Waals surface area contributed by atoms with Gasteiger partial charge < -0.3 is 14.9 Å². The molecule has 0 radical (unpaired) electrons. The molecule has 4 rings (SSSR count). The van der Waals surface area contributed by atoms with Crippen molar-refractivity contribution in [2.75, 3.05) is 19.6 Å². The fraction of sp³-hybridized carbons (Fsp3) is 0.407. The number of carboxylic acid groups (broad SMARTS) is 1. The van der Waals surface area contributed by atoms with Crippen LogP contribution in [0, 0.1) is 23.0 Å². The van der Waals surface area contributed by atoms with E-state index in [1.54, 1.807) is 0 Å². The predicted octanol–water partition coefficient (Wildman–Crippen LogP) is 5.97. The smallest absolute Gasteiger partial charge is 0.407 e. The molecule has 0 spiro atoms. The number of halogens is 4. The third-order valence-electron chi connectivity index (χ3n) is 6.71. The highest BCUT2D eigenvalue weighted by molar-refractivity contribution is 6.62. The van der Waals surface area contributed by atoms with Gasteiger partial charge in [-0.15, -0.1) is 0 Å². The standard InChI is InChI=1S/C27H29ClF3N5O3/c1-27(2,3)22(35(25(28)37)14-17-13-34(26(38)39)15-21(17)31)24-32-23(19-11-18(29)9-10-20(19)30)33-36(24)12-16-7-5-4-6-8-16/h4-11,17,21-22H,12-15H2,1-3H3,(H,38,39)/t17?,21?,22-/m0/s1. The average molecular weight is 564 g/mol. The quantitative estimate of drug-likeness (QED) is 0.282. The molecule has 1 aliphatic rings. The van der Waals surface area contributed by atoms with E-state index in [2.05, 4.69) is 10.1 Å².